The normalized spacial score (nSPS) is 20.4. The molecule has 1 amide bonds. The molecule has 1 saturated heterocycles. The van der Waals surface area contributed by atoms with Gasteiger partial charge in [-0.25, -0.2) is 0 Å². The van der Waals surface area contributed by atoms with Crippen LogP contribution >= 0.6 is 0 Å². The van der Waals surface area contributed by atoms with Crippen LogP contribution in [-0.4, -0.2) is 62.6 Å². The van der Waals surface area contributed by atoms with Gasteiger partial charge in [0.15, 0.2) is 5.82 Å². The van der Waals surface area contributed by atoms with Crippen LogP contribution in [0.15, 0.2) is 36.7 Å². The second kappa shape index (κ2) is 7.65. The Morgan fingerprint density at radius 1 is 1.18 bits per heavy atom. The van der Waals surface area contributed by atoms with Gasteiger partial charge in [-0.05, 0) is 37.6 Å². The van der Waals surface area contributed by atoms with E-state index in [9.17, 15) is 4.79 Å². The molecule has 28 heavy (non-hydrogen) atoms. The Bertz CT molecular complexity index is 991. The molecule has 0 unspecified atom stereocenters. The monoisotopic (exact) mass is 380 g/mol. The van der Waals surface area contributed by atoms with Crippen molar-refractivity contribution in [2.75, 3.05) is 25.0 Å². The zero-order chi connectivity index (χ0) is 19.7. The van der Waals surface area contributed by atoms with E-state index in [2.05, 4.69) is 25.5 Å². The molecular formula is C20H24N6O2. The maximum Gasteiger partial charge on any atom is 0.239 e. The first kappa shape index (κ1) is 18.5. The van der Waals surface area contributed by atoms with Gasteiger partial charge in [-0.1, -0.05) is 6.07 Å². The number of nitrogens with one attached hydrogen (secondary N) is 1. The molecule has 2 aromatic heterocycles. The molecule has 1 N–H and O–H groups in total. The van der Waals surface area contributed by atoms with Crippen LogP contribution in [0.25, 0.3) is 22.0 Å². The third-order valence-electron chi connectivity index (χ3n) is 4.75. The molecule has 8 nitrogen and oxygen atoms in total. The molecule has 0 spiro atoms. The van der Waals surface area contributed by atoms with Crippen molar-refractivity contribution in [3.05, 3.63) is 36.7 Å². The van der Waals surface area contributed by atoms with E-state index in [1.54, 1.807) is 4.68 Å². The van der Waals surface area contributed by atoms with Crippen molar-refractivity contribution in [3.63, 3.8) is 0 Å². The number of aromatic nitrogens is 4. The SMILES string of the molecule is C[C@@H]1CN(CC(=O)Nc2cc3cc(-c4cnn(C)c4)ccc3nn2)C[C@H](C)O1. The number of carbonyl (C=O) groups excluding carboxylic acids is 1. The molecule has 1 aromatic carbocycles. The molecule has 8 heteroatoms. The maximum atomic E-state index is 12.4. The maximum absolute atomic E-state index is 12.4. The first-order chi connectivity index (χ1) is 13.5. The van der Waals surface area contributed by atoms with Gasteiger partial charge in [0.1, 0.15) is 0 Å². The smallest absolute Gasteiger partial charge is 0.239 e. The lowest BCUT2D eigenvalue weighted by Crippen LogP contribution is -2.48. The summed E-state index contributed by atoms with van der Waals surface area (Å²) >= 11 is 0. The van der Waals surface area contributed by atoms with Gasteiger partial charge in [0, 0.05) is 37.3 Å². The fourth-order valence-corrected chi connectivity index (χ4v) is 3.65. The summed E-state index contributed by atoms with van der Waals surface area (Å²) in [4.78, 5) is 14.5. The summed E-state index contributed by atoms with van der Waals surface area (Å²) in [7, 11) is 1.89. The van der Waals surface area contributed by atoms with E-state index in [4.69, 9.17) is 4.74 Å². The average molecular weight is 380 g/mol. The summed E-state index contributed by atoms with van der Waals surface area (Å²) in [5, 5.41) is 16.4. The number of rotatable bonds is 4. The number of benzene rings is 1. The number of hydrogen-bond donors (Lipinski definition) is 1. The van der Waals surface area contributed by atoms with Crippen LogP contribution in [-0.2, 0) is 16.6 Å². The van der Waals surface area contributed by atoms with Crippen LogP contribution in [0.4, 0.5) is 5.82 Å². The second-order valence-electron chi connectivity index (χ2n) is 7.41. The first-order valence-corrected chi connectivity index (χ1v) is 9.40. The van der Waals surface area contributed by atoms with Crippen LogP contribution in [0.5, 0.6) is 0 Å². The molecule has 0 radical (unpaired) electrons. The molecule has 1 aliphatic heterocycles. The van der Waals surface area contributed by atoms with Crippen molar-refractivity contribution >= 4 is 22.6 Å². The molecule has 2 atom stereocenters. The van der Waals surface area contributed by atoms with Crippen LogP contribution in [0.2, 0.25) is 0 Å². The summed E-state index contributed by atoms with van der Waals surface area (Å²) in [6.07, 6.45) is 4.04. The Hall–Kier alpha value is -2.84. The van der Waals surface area contributed by atoms with Gasteiger partial charge >= 0.3 is 0 Å². The van der Waals surface area contributed by atoms with Gasteiger partial charge in [-0.15, -0.1) is 10.2 Å². The number of ether oxygens (including phenoxy) is 1. The predicted octanol–water partition coefficient (Wildman–Crippen LogP) is 2.08. The van der Waals surface area contributed by atoms with Crippen molar-refractivity contribution in [2.45, 2.75) is 26.1 Å². The number of amides is 1. The first-order valence-electron chi connectivity index (χ1n) is 9.40. The van der Waals surface area contributed by atoms with E-state index in [0.29, 0.717) is 12.4 Å². The zero-order valence-electron chi connectivity index (χ0n) is 16.3. The fraction of sp³-hybridized carbons (Fsp3) is 0.400. The van der Waals surface area contributed by atoms with Crippen molar-refractivity contribution in [2.24, 2.45) is 7.05 Å². The molecule has 0 bridgehead atoms. The summed E-state index contributed by atoms with van der Waals surface area (Å²) in [6, 6.07) is 7.80. The van der Waals surface area contributed by atoms with Gasteiger partial charge in [0.25, 0.3) is 0 Å². The van der Waals surface area contributed by atoms with Crippen LogP contribution in [0.3, 0.4) is 0 Å². The van der Waals surface area contributed by atoms with Crippen LogP contribution in [0, 0.1) is 0 Å². The van der Waals surface area contributed by atoms with Crippen LogP contribution < -0.4 is 5.32 Å². The highest BCUT2D eigenvalue weighted by Crippen LogP contribution is 2.24. The standard InChI is InChI=1S/C20H24N6O2/c1-13-9-26(10-14(2)28-13)12-20(27)22-19-7-16-6-15(4-5-18(16)23-24-19)17-8-21-25(3)11-17/h4-8,11,13-14H,9-10,12H2,1-3H3,(H,22,24,27)/t13-,14+. The molecule has 0 aliphatic carbocycles. The highest BCUT2D eigenvalue weighted by molar-refractivity contribution is 5.93. The van der Waals surface area contributed by atoms with Crippen molar-refractivity contribution in [1.82, 2.24) is 24.9 Å². The quantitative estimate of drug-likeness (QED) is 0.746. The lowest BCUT2D eigenvalue weighted by Gasteiger charge is -2.34. The van der Waals surface area contributed by atoms with Crippen molar-refractivity contribution < 1.29 is 9.53 Å². The Morgan fingerprint density at radius 3 is 2.68 bits per heavy atom. The Balaban J connectivity index is 1.48. The molecule has 1 fully saturated rings. The minimum Gasteiger partial charge on any atom is -0.373 e. The zero-order valence-corrected chi connectivity index (χ0v) is 16.3. The predicted molar refractivity (Wildman–Crippen MR) is 107 cm³/mol. The third kappa shape index (κ3) is 4.18. The Morgan fingerprint density at radius 2 is 1.96 bits per heavy atom. The molecule has 0 saturated carbocycles. The van der Waals surface area contributed by atoms with E-state index in [1.165, 1.54) is 0 Å². The fourth-order valence-electron chi connectivity index (χ4n) is 3.65. The summed E-state index contributed by atoms with van der Waals surface area (Å²) < 4.78 is 7.48. The van der Waals surface area contributed by atoms with E-state index in [1.807, 2.05) is 57.6 Å². The van der Waals surface area contributed by atoms with Gasteiger partial charge in [0.05, 0.1) is 30.5 Å². The minimum atomic E-state index is -0.0987. The number of carbonyl (C=O) groups is 1. The number of fused-ring (bicyclic) bond motifs is 1. The van der Waals surface area contributed by atoms with E-state index >= 15 is 0 Å². The number of morpholine rings is 1. The van der Waals surface area contributed by atoms with E-state index in [0.717, 1.165) is 35.1 Å². The molecular weight excluding hydrogens is 356 g/mol. The number of nitrogens with zero attached hydrogens (tertiary/aromatic N) is 5. The van der Waals surface area contributed by atoms with Gasteiger partial charge in [0.2, 0.25) is 5.91 Å². The van der Waals surface area contributed by atoms with E-state index in [-0.39, 0.29) is 18.1 Å². The summed E-state index contributed by atoms with van der Waals surface area (Å²) in [6.45, 7) is 5.85. The summed E-state index contributed by atoms with van der Waals surface area (Å²) in [5.74, 6) is 0.355. The van der Waals surface area contributed by atoms with Gasteiger partial charge in [-0.2, -0.15) is 5.10 Å². The molecule has 1 aliphatic rings. The van der Waals surface area contributed by atoms with Gasteiger partial charge < -0.3 is 10.1 Å². The minimum absolute atomic E-state index is 0.0987. The number of hydrogen-bond acceptors (Lipinski definition) is 6. The Kier molecular flexibility index (Phi) is 5.06. The molecule has 3 heterocycles. The largest absolute Gasteiger partial charge is 0.373 e. The van der Waals surface area contributed by atoms with Crippen LogP contribution in [0.1, 0.15) is 13.8 Å². The second-order valence-corrected chi connectivity index (χ2v) is 7.41. The van der Waals surface area contributed by atoms with E-state index < -0.39 is 0 Å². The highest BCUT2D eigenvalue weighted by Gasteiger charge is 2.23. The molecule has 3 aromatic rings. The molecule has 4 rings (SSSR count). The lowest BCUT2D eigenvalue weighted by molar-refractivity contribution is -0.121. The summed E-state index contributed by atoms with van der Waals surface area (Å²) in [5.41, 5.74) is 2.85. The van der Waals surface area contributed by atoms with Gasteiger partial charge in [-0.3, -0.25) is 14.4 Å². The lowest BCUT2D eigenvalue weighted by atomic mass is 10.1. The number of aryl methyl sites for hydroxylation is 1. The van der Waals surface area contributed by atoms with Crippen molar-refractivity contribution in [1.29, 1.82) is 0 Å². The average Bonchev–Trinajstić information content (AvgIpc) is 3.06. The topological polar surface area (TPSA) is 85.2 Å². The van der Waals surface area contributed by atoms with Crippen molar-refractivity contribution in [3.8, 4) is 11.1 Å². The molecule has 146 valence electrons. The third-order valence-corrected chi connectivity index (χ3v) is 4.75. The Labute approximate surface area is 163 Å². The number of anilines is 1. The highest BCUT2D eigenvalue weighted by atomic mass is 16.5.